The molecule has 0 aromatic rings. The van der Waals surface area contributed by atoms with E-state index in [9.17, 15) is 4.79 Å². The molecule has 5 atom stereocenters. The zero-order chi connectivity index (χ0) is 12.4. The molecule has 2 N–H and O–H groups in total. The third-order valence-electron chi connectivity index (χ3n) is 4.77. The van der Waals surface area contributed by atoms with Crippen LogP contribution in [0.25, 0.3) is 0 Å². The van der Waals surface area contributed by atoms with E-state index in [2.05, 4.69) is 19.2 Å². The highest BCUT2D eigenvalue weighted by molar-refractivity contribution is 5.66. The Labute approximate surface area is 104 Å². The van der Waals surface area contributed by atoms with E-state index < -0.39 is 5.97 Å². The molecular formula is C14H25NO2. The van der Waals surface area contributed by atoms with E-state index in [0.29, 0.717) is 12.1 Å². The Morgan fingerprint density at radius 2 is 2.12 bits per heavy atom. The molecule has 2 saturated carbocycles. The summed E-state index contributed by atoms with van der Waals surface area (Å²) in [6.07, 6.45) is 6.72. The molecule has 0 spiro atoms. The number of carbonyl (C=O) groups is 1. The van der Waals surface area contributed by atoms with E-state index in [4.69, 9.17) is 5.11 Å². The van der Waals surface area contributed by atoms with Gasteiger partial charge in [0.15, 0.2) is 0 Å². The van der Waals surface area contributed by atoms with Gasteiger partial charge < -0.3 is 10.4 Å². The average molecular weight is 239 g/mol. The molecule has 2 bridgehead atoms. The molecule has 0 aromatic carbocycles. The number of fused-ring (bicyclic) bond motifs is 2. The first-order chi connectivity index (χ1) is 8.06. The van der Waals surface area contributed by atoms with Gasteiger partial charge in [0.2, 0.25) is 0 Å². The normalized spacial score (nSPS) is 34.8. The van der Waals surface area contributed by atoms with Crippen LogP contribution in [0.2, 0.25) is 0 Å². The summed E-state index contributed by atoms with van der Waals surface area (Å²) >= 11 is 0. The summed E-state index contributed by atoms with van der Waals surface area (Å²) < 4.78 is 0. The van der Waals surface area contributed by atoms with Crippen LogP contribution in [-0.2, 0) is 4.79 Å². The second kappa shape index (κ2) is 5.38. The molecule has 2 rings (SSSR count). The van der Waals surface area contributed by atoms with E-state index in [0.717, 1.165) is 24.2 Å². The molecule has 0 amide bonds. The zero-order valence-corrected chi connectivity index (χ0v) is 11.0. The Hall–Kier alpha value is -0.570. The number of hydrogen-bond donors (Lipinski definition) is 2. The van der Waals surface area contributed by atoms with Crippen LogP contribution in [-0.4, -0.2) is 23.2 Å². The fourth-order valence-electron chi connectivity index (χ4n) is 3.90. The molecule has 5 unspecified atom stereocenters. The number of carboxylic acid groups (broad SMARTS) is 1. The standard InChI is InChI=1S/C14H25NO2/c1-9(3-6-14(16)17)15-10(2)13-8-11-4-5-12(13)7-11/h9-13,15H,3-8H2,1-2H3,(H,16,17). The van der Waals surface area contributed by atoms with Gasteiger partial charge in [-0.25, -0.2) is 0 Å². The number of nitrogens with one attached hydrogen (secondary N) is 1. The molecule has 0 aliphatic heterocycles. The fourth-order valence-corrected chi connectivity index (χ4v) is 3.90. The maximum absolute atomic E-state index is 10.5. The molecule has 2 aliphatic carbocycles. The Morgan fingerprint density at radius 1 is 1.35 bits per heavy atom. The van der Waals surface area contributed by atoms with Gasteiger partial charge in [-0.2, -0.15) is 0 Å². The Balaban J connectivity index is 1.73. The Morgan fingerprint density at radius 3 is 2.65 bits per heavy atom. The molecule has 0 radical (unpaired) electrons. The van der Waals surface area contributed by atoms with Gasteiger partial charge >= 0.3 is 5.97 Å². The minimum absolute atomic E-state index is 0.275. The molecule has 0 aromatic heterocycles. The van der Waals surface area contributed by atoms with Gasteiger partial charge in [-0.1, -0.05) is 6.42 Å². The third kappa shape index (κ3) is 3.21. The summed E-state index contributed by atoms with van der Waals surface area (Å²) in [6.45, 7) is 4.38. The summed E-state index contributed by atoms with van der Waals surface area (Å²) in [6, 6.07) is 0.870. The lowest BCUT2D eigenvalue weighted by molar-refractivity contribution is -0.137. The van der Waals surface area contributed by atoms with Gasteiger partial charge in [0.1, 0.15) is 0 Å². The highest BCUT2D eigenvalue weighted by Gasteiger charge is 2.41. The van der Waals surface area contributed by atoms with E-state index >= 15 is 0 Å². The molecule has 0 saturated heterocycles. The van der Waals surface area contributed by atoms with Crippen molar-refractivity contribution in [3.05, 3.63) is 0 Å². The summed E-state index contributed by atoms with van der Waals surface area (Å²) in [5, 5.41) is 12.3. The van der Waals surface area contributed by atoms with E-state index in [1.165, 1.54) is 25.7 Å². The van der Waals surface area contributed by atoms with Crippen LogP contribution >= 0.6 is 0 Å². The van der Waals surface area contributed by atoms with Gasteiger partial charge in [0.25, 0.3) is 0 Å². The first-order valence-corrected chi connectivity index (χ1v) is 7.04. The van der Waals surface area contributed by atoms with Gasteiger partial charge in [-0.15, -0.1) is 0 Å². The molecule has 0 heterocycles. The number of hydrogen-bond acceptors (Lipinski definition) is 2. The quantitative estimate of drug-likeness (QED) is 0.749. The van der Waals surface area contributed by atoms with E-state index in [1.807, 2.05) is 0 Å². The first kappa shape index (κ1) is 12.9. The summed E-state index contributed by atoms with van der Waals surface area (Å²) in [4.78, 5) is 10.5. The van der Waals surface area contributed by atoms with Crippen LogP contribution in [0.15, 0.2) is 0 Å². The monoisotopic (exact) mass is 239 g/mol. The van der Waals surface area contributed by atoms with Crippen LogP contribution in [0.4, 0.5) is 0 Å². The van der Waals surface area contributed by atoms with Gasteiger partial charge in [-0.3, -0.25) is 4.79 Å². The average Bonchev–Trinajstić information content (AvgIpc) is 2.87. The van der Waals surface area contributed by atoms with Crippen LogP contribution in [0.3, 0.4) is 0 Å². The van der Waals surface area contributed by atoms with Crippen molar-refractivity contribution in [3.8, 4) is 0 Å². The highest BCUT2D eigenvalue weighted by Crippen LogP contribution is 2.49. The molecule has 2 fully saturated rings. The van der Waals surface area contributed by atoms with Crippen molar-refractivity contribution in [2.75, 3.05) is 0 Å². The van der Waals surface area contributed by atoms with E-state index in [-0.39, 0.29) is 6.42 Å². The number of rotatable bonds is 6. The SMILES string of the molecule is CC(CCC(=O)O)NC(C)C1CC2CCC1C2. The maximum Gasteiger partial charge on any atom is 0.303 e. The molecular weight excluding hydrogens is 214 g/mol. The third-order valence-corrected chi connectivity index (χ3v) is 4.77. The minimum atomic E-state index is -0.689. The van der Waals surface area contributed by atoms with Crippen LogP contribution in [0.5, 0.6) is 0 Å². The molecule has 3 nitrogen and oxygen atoms in total. The molecule has 17 heavy (non-hydrogen) atoms. The van der Waals surface area contributed by atoms with Gasteiger partial charge in [0.05, 0.1) is 0 Å². The summed E-state index contributed by atoms with van der Waals surface area (Å²) in [5.74, 6) is 2.07. The number of aliphatic carboxylic acids is 1. The minimum Gasteiger partial charge on any atom is -0.481 e. The predicted octanol–water partition coefficient (Wildman–Crippen LogP) is 2.65. The Kier molecular flexibility index (Phi) is 4.08. The molecule has 2 aliphatic rings. The highest BCUT2D eigenvalue weighted by atomic mass is 16.4. The van der Waals surface area contributed by atoms with Crippen molar-refractivity contribution in [2.45, 2.75) is 64.5 Å². The molecule has 3 heteroatoms. The van der Waals surface area contributed by atoms with Crippen molar-refractivity contribution in [1.82, 2.24) is 5.32 Å². The zero-order valence-electron chi connectivity index (χ0n) is 11.0. The lowest BCUT2D eigenvalue weighted by atomic mass is 9.83. The van der Waals surface area contributed by atoms with Gasteiger partial charge in [0, 0.05) is 18.5 Å². The topological polar surface area (TPSA) is 49.3 Å². The summed E-state index contributed by atoms with van der Waals surface area (Å²) in [7, 11) is 0. The van der Waals surface area contributed by atoms with Crippen LogP contribution in [0.1, 0.15) is 52.4 Å². The predicted molar refractivity (Wildman–Crippen MR) is 67.9 cm³/mol. The van der Waals surface area contributed by atoms with Crippen LogP contribution in [0, 0.1) is 17.8 Å². The van der Waals surface area contributed by atoms with Crippen LogP contribution < -0.4 is 5.32 Å². The van der Waals surface area contributed by atoms with Crippen molar-refractivity contribution in [3.63, 3.8) is 0 Å². The molecule has 98 valence electrons. The largest absolute Gasteiger partial charge is 0.481 e. The lowest BCUT2D eigenvalue weighted by Gasteiger charge is -2.30. The second-order valence-electron chi connectivity index (χ2n) is 6.13. The van der Waals surface area contributed by atoms with Crippen molar-refractivity contribution >= 4 is 5.97 Å². The van der Waals surface area contributed by atoms with Crippen molar-refractivity contribution in [1.29, 1.82) is 0 Å². The maximum atomic E-state index is 10.5. The second-order valence-corrected chi connectivity index (χ2v) is 6.13. The van der Waals surface area contributed by atoms with Crippen molar-refractivity contribution < 1.29 is 9.90 Å². The fraction of sp³-hybridized carbons (Fsp3) is 0.929. The summed E-state index contributed by atoms with van der Waals surface area (Å²) in [5.41, 5.74) is 0. The van der Waals surface area contributed by atoms with Gasteiger partial charge in [-0.05, 0) is 57.3 Å². The van der Waals surface area contributed by atoms with E-state index in [1.54, 1.807) is 0 Å². The van der Waals surface area contributed by atoms with Crippen molar-refractivity contribution in [2.24, 2.45) is 17.8 Å². The smallest absolute Gasteiger partial charge is 0.303 e. The Bertz CT molecular complexity index is 279. The number of carboxylic acids is 1. The first-order valence-electron chi connectivity index (χ1n) is 7.04. The lowest BCUT2D eigenvalue weighted by Crippen LogP contribution is -2.41.